The van der Waals surface area contributed by atoms with Gasteiger partial charge in [0.1, 0.15) is 5.75 Å². The number of halogens is 3. The fourth-order valence-corrected chi connectivity index (χ4v) is 2.39. The average Bonchev–Trinajstić information content (AvgIpc) is 2.45. The van der Waals surface area contributed by atoms with Gasteiger partial charge in [-0.25, -0.2) is 0 Å². The lowest BCUT2D eigenvalue weighted by molar-refractivity contribution is -0.274. The van der Waals surface area contributed by atoms with Crippen molar-refractivity contribution in [2.45, 2.75) is 13.3 Å². The number of ether oxygens (including phenoxy) is 1. The van der Waals surface area contributed by atoms with Gasteiger partial charge >= 0.3 is 6.36 Å². The van der Waals surface area contributed by atoms with E-state index < -0.39 is 6.36 Å². The highest BCUT2D eigenvalue weighted by molar-refractivity contribution is 5.97. The normalized spacial score (nSPS) is 11.6. The van der Waals surface area contributed by atoms with Crippen molar-refractivity contribution in [3.05, 3.63) is 60.4 Å². The van der Waals surface area contributed by atoms with Crippen molar-refractivity contribution in [3.63, 3.8) is 0 Å². The van der Waals surface area contributed by atoms with Crippen LogP contribution in [0.1, 0.15) is 5.56 Å². The van der Waals surface area contributed by atoms with Gasteiger partial charge in [-0.1, -0.05) is 36.4 Å². The monoisotopic (exact) mass is 303 g/mol. The van der Waals surface area contributed by atoms with Gasteiger partial charge in [0.25, 0.3) is 0 Å². The molecule has 22 heavy (non-hydrogen) atoms. The Morgan fingerprint density at radius 2 is 1.73 bits per heavy atom. The molecule has 0 bridgehead atoms. The number of aryl methyl sites for hydroxylation is 1. The van der Waals surface area contributed by atoms with Gasteiger partial charge in [-0.05, 0) is 23.9 Å². The van der Waals surface area contributed by atoms with Crippen LogP contribution < -0.4 is 4.74 Å². The van der Waals surface area contributed by atoms with Crippen LogP contribution in [0.15, 0.2) is 54.9 Å². The number of rotatable bonds is 2. The third kappa shape index (κ3) is 2.88. The standard InChI is InChI=1S/C17H12F3NO/c1-11-6-7-14(16(8-11)22-17(18,19)20)15-10-21-9-12-4-2-3-5-13(12)15/h2-10H,1H3. The van der Waals surface area contributed by atoms with Crippen LogP contribution in [-0.2, 0) is 0 Å². The zero-order chi connectivity index (χ0) is 15.7. The number of alkyl halides is 3. The van der Waals surface area contributed by atoms with Crippen LogP contribution in [0.2, 0.25) is 0 Å². The highest BCUT2D eigenvalue weighted by Crippen LogP contribution is 2.37. The van der Waals surface area contributed by atoms with Crippen LogP contribution in [-0.4, -0.2) is 11.3 Å². The molecule has 0 N–H and O–H groups in total. The third-order valence-electron chi connectivity index (χ3n) is 3.32. The summed E-state index contributed by atoms with van der Waals surface area (Å²) < 4.78 is 42.1. The molecule has 0 radical (unpaired) electrons. The average molecular weight is 303 g/mol. The summed E-state index contributed by atoms with van der Waals surface area (Å²) in [5.41, 5.74) is 1.67. The SMILES string of the molecule is Cc1ccc(-c2cncc3ccccc23)c(OC(F)(F)F)c1. The fourth-order valence-electron chi connectivity index (χ4n) is 2.39. The molecule has 112 valence electrons. The molecular formula is C17H12F3NO. The molecule has 0 unspecified atom stereocenters. The van der Waals surface area contributed by atoms with E-state index in [0.717, 1.165) is 10.8 Å². The zero-order valence-corrected chi connectivity index (χ0v) is 11.7. The third-order valence-corrected chi connectivity index (χ3v) is 3.32. The van der Waals surface area contributed by atoms with Crippen molar-refractivity contribution in [1.82, 2.24) is 4.98 Å². The Balaban J connectivity index is 2.22. The van der Waals surface area contributed by atoms with Gasteiger partial charge in [0.15, 0.2) is 0 Å². The molecule has 0 amide bonds. The van der Waals surface area contributed by atoms with Gasteiger partial charge < -0.3 is 4.74 Å². The van der Waals surface area contributed by atoms with Crippen LogP contribution in [0.3, 0.4) is 0 Å². The van der Waals surface area contributed by atoms with Crippen LogP contribution >= 0.6 is 0 Å². The van der Waals surface area contributed by atoms with E-state index in [1.54, 1.807) is 31.5 Å². The van der Waals surface area contributed by atoms with E-state index in [4.69, 9.17) is 0 Å². The van der Waals surface area contributed by atoms with Crippen LogP contribution in [0.4, 0.5) is 13.2 Å². The molecule has 0 aliphatic rings. The second-order valence-corrected chi connectivity index (χ2v) is 4.96. The molecule has 0 atom stereocenters. The Morgan fingerprint density at radius 1 is 0.955 bits per heavy atom. The summed E-state index contributed by atoms with van der Waals surface area (Å²) in [7, 11) is 0. The molecule has 3 rings (SSSR count). The molecule has 0 saturated carbocycles. The number of fused-ring (bicyclic) bond motifs is 1. The maximum atomic E-state index is 12.6. The van der Waals surface area contributed by atoms with Crippen LogP contribution in [0.25, 0.3) is 21.9 Å². The number of pyridine rings is 1. The Hall–Kier alpha value is -2.56. The Morgan fingerprint density at radius 3 is 2.50 bits per heavy atom. The molecule has 1 aromatic heterocycles. The van der Waals surface area contributed by atoms with Crippen molar-refractivity contribution in [3.8, 4) is 16.9 Å². The first kappa shape index (κ1) is 14.4. The molecular weight excluding hydrogens is 291 g/mol. The van der Waals surface area contributed by atoms with E-state index in [9.17, 15) is 13.2 Å². The molecule has 0 aliphatic heterocycles. The van der Waals surface area contributed by atoms with Gasteiger partial charge in [0.05, 0.1) is 0 Å². The number of hydrogen-bond acceptors (Lipinski definition) is 2. The minimum absolute atomic E-state index is 0.217. The van der Waals surface area contributed by atoms with Crippen LogP contribution in [0.5, 0.6) is 5.75 Å². The largest absolute Gasteiger partial charge is 0.573 e. The van der Waals surface area contributed by atoms with E-state index in [0.29, 0.717) is 16.7 Å². The summed E-state index contributed by atoms with van der Waals surface area (Å²) in [4.78, 5) is 4.11. The maximum Gasteiger partial charge on any atom is 0.573 e. The summed E-state index contributed by atoms with van der Waals surface area (Å²) in [6.07, 6.45) is -1.51. The van der Waals surface area contributed by atoms with Crippen molar-refractivity contribution in [2.24, 2.45) is 0 Å². The second-order valence-electron chi connectivity index (χ2n) is 4.96. The van der Waals surface area contributed by atoms with E-state index in [-0.39, 0.29) is 5.75 Å². The quantitative estimate of drug-likeness (QED) is 0.656. The maximum absolute atomic E-state index is 12.6. The van der Waals surface area contributed by atoms with Gasteiger partial charge in [-0.3, -0.25) is 4.98 Å². The van der Waals surface area contributed by atoms with E-state index in [1.165, 1.54) is 6.07 Å². The molecule has 2 aromatic carbocycles. The molecule has 0 saturated heterocycles. The summed E-state index contributed by atoms with van der Waals surface area (Å²) in [6.45, 7) is 1.72. The summed E-state index contributed by atoms with van der Waals surface area (Å²) in [5.74, 6) is -0.217. The lowest BCUT2D eigenvalue weighted by Crippen LogP contribution is -2.17. The van der Waals surface area contributed by atoms with Gasteiger partial charge in [0, 0.05) is 28.9 Å². The lowest BCUT2D eigenvalue weighted by Gasteiger charge is -2.15. The first-order valence-electron chi connectivity index (χ1n) is 6.63. The zero-order valence-electron chi connectivity index (χ0n) is 11.7. The Bertz CT molecular complexity index is 822. The molecule has 3 aromatic rings. The smallest absolute Gasteiger partial charge is 0.405 e. The predicted molar refractivity (Wildman–Crippen MR) is 78.6 cm³/mol. The number of benzene rings is 2. The van der Waals surface area contributed by atoms with Crippen LogP contribution in [0, 0.1) is 6.92 Å². The summed E-state index contributed by atoms with van der Waals surface area (Å²) in [6, 6.07) is 12.2. The minimum atomic E-state index is -4.74. The number of nitrogens with zero attached hydrogens (tertiary/aromatic N) is 1. The minimum Gasteiger partial charge on any atom is -0.405 e. The van der Waals surface area contributed by atoms with Gasteiger partial charge in [-0.2, -0.15) is 0 Å². The second kappa shape index (κ2) is 5.33. The van der Waals surface area contributed by atoms with Crippen molar-refractivity contribution in [2.75, 3.05) is 0 Å². The Kier molecular flexibility index (Phi) is 3.48. The van der Waals surface area contributed by atoms with E-state index in [2.05, 4.69) is 9.72 Å². The predicted octanol–water partition coefficient (Wildman–Crippen LogP) is 5.11. The summed E-state index contributed by atoms with van der Waals surface area (Å²) >= 11 is 0. The molecule has 0 fully saturated rings. The van der Waals surface area contributed by atoms with Gasteiger partial charge in [-0.15, -0.1) is 13.2 Å². The van der Waals surface area contributed by atoms with Crippen molar-refractivity contribution < 1.29 is 17.9 Å². The van der Waals surface area contributed by atoms with E-state index >= 15 is 0 Å². The molecule has 2 nitrogen and oxygen atoms in total. The molecule has 0 spiro atoms. The first-order chi connectivity index (χ1) is 10.4. The topological polar surface area (TPSA) is 22.1 Å². The van der Waals surface area contributed by atoms with E-state index in [1.807, 2.05) is 24.3 Å². The number of hydrogen-bond donors (Lipinski definition) is 0. The highest BCUT2D eigenvalue weighted by atomic mass is 19.4. The van der Waals surface area contributed by atoms with Gasteiger partial charge in [0.2, 0.25) is 0 Å². The first-order valence-corrected chi connectivity index (χ1v) is 6.63. The number of aromatic nitrogens is 1. The molecule has 0 aliphatic carbocycles. The lowest BCUT2D eigenvalue weighted by atomic mass is 9.99. The summed E-state index contributed by atoms with van der Waals surface area (Å²) in [5, 5.41) is 1.69. The molecule has 5 heteroatoms. The fraction of sp³-hybridized carbons (Fsp3) is 0.118. The van der Waals surface area contributed by atoms with Crippen molar-refractivity contribution >= 4 is 10.8 Å². The Labute approximate surface area is 125 Å². The van der Waals surface area contributed by atoms with Crippen molar-refractivity contribution in [1.29, 1.82) is 0 Å². The highest BCUT2D eigenvalue weighted by Gasteiger charge is 2.32. The molecule has 1 heterocycles.